The van der Waals surface area contributed by atoms with E-state index in [1.54, 1.807) is 0 Å². The van der Waals surface area contributed by atoms with E-state index in [-0.39, 0.29) is 5.69 Å². The highest BCUT2D eigenvalue weighted by Crippen LogP contribution is 2.15. The van der Waals surface area contributed by atoms with Crippen LogP contribution in [0.15, 0.2) is 34.7 Å². The van der Waals surface area contributed by atoms with E-state index in [4.69, 9.17) is 23.2 Å². The molecule has 0 aliphatic rings. The predicted octanol–water partition coefficient (Wildman–Crippen LogP) is 2.09. The van der Waals surface area contributed by atoms with Crippen LogP contribution >= 0.6 is 35.0 Å². The summed E-state index contributed by atoms with van der Waals surface area (Å²) in [4.78, 5) is 23.0. The summed E-state index contributed by atoms with van der Waals surface area (Å²) in [5.41, 5.74) is -0.365. The van der Waals surface area contributed by atoms with Gasteiger partial charge < -0.3 is 0 Å². The Balaban J connectivity index is 2.09. The first-order valence-electron chi connectivity index (χ1n) is 4.47. The molecule has 0 aliphatic carbocycles. The van der Waals surface area contributed by atoms with Gasteiger partial charge in [-0.15, -0.1) is 0 Å². The first-order valence-corrected chi connectivity index (χ1v) is 6.21. The van der Waals surface area contributed by atoms with Crippen molar-refractivity contribution in [1.29, 1.82) is 0 Å². The monoisotopic (exact) mass is 288 g/mol. The number of hydrogen-bond acceptors (Lipinski definition) is 5. The van der Waals surface area contributed by atoms with Gasteiger partial charge in [-0.25, -0.2) is 14.8 Å². The fourth-order valence-corrected chi connectivity index (χ4v) is 1.98. The summed E-state index contributed by atoms with van der Waals surface area (Å²) in [6.07, 6.45) is 5.81. The molecule has 0 amide bonds. The minimum absolute atomic E-state index is 0.341. The third kappa shape index (κ3) is 3.42. The molecule has 0 unspecified atom stereocenters. The average molecular weight is 289 g/mol. The predicted molar refractivity (Wildman–Crippen MR) is 66.4 cm³/mol. The highest BCUT2D eigenvalue weighted by atomic mass is 35.5. The van der Waals surface area contributed by atoms with Crippen LogP contribution in [0.3, 0.4) is 0 Å². The van der Waals surface area contributed by atoms with Crippen molar-refractivity contribution in [3.8, 4) is 0 Å². The van der Waals surface area contributed by atoms with E-state index >= 15 is 0 Å². The number of aromatic nitrogens is 4. The molecule has 88 valence electrons. The van der Waals surface area contributed by atoms with Crippen LogP contribution < -0.4 is 5.69 Å². The fourth-order valence-electron chi connectivity index (χ4n) is 1.02. The number of hydrogen-bond donors (Lipinski definition) is 0. The first-order chi connectivity index (χ1) is 8.15. The zero-order chi connectivity index (χ0) is 12.3. The first kappa shape index (κ1) is 12.3. The van der Waals surface area contributed by atoms with Gasteiger partial charge in [0, 0.05) is 6.20 Å². The van der Waals surface area contributed by atoms with Gasteiger partial charge in [-0.05, 0) is 0 Å². The average Bonchev–Trinajstić information content (AvgIpc) is 2.32. The van der Waals surface area contributed by atoms with Crippen molar-refractivity contribution in [2.24, 2.45) is 0 Å². The van der Waals surface area contributed by atoms with Crippen LogP contribution in [0.4, 0.5) is 0 Å². The van der Waals surface area contributed by atoms with Crippen molar-refractivity contribution in [2.45, 2.75) is 11.0 Å². The topological polar surface area (TPSA) is 60.7 Å². The van der Waals surface area contributed by atoms with E-state index < -0.39 is 0 Å². The van der Waals surface area contributed by atoms with Crippen LogP contribution in [0.5, 0.6) is 0 Å². The Labute approximate surface area is 111 Å². The third-order valence-electron chi connectivity index (χ3n) is 1.75. The highest BCUT2D eigenvalue weighted by Gasteiger charge is 2.02. The van der Waals surface area contributed by atoms with Gasteiger partial charge in [0.05, 0.1) is 34.5 Å². The summed E-state index contributed by atoms with van der Waals surface area (Å²) in [7, 11) is 0. The maximum absolute atomic E-state index is 11.4. The Kier molecular flexibility index (Phi) is 3.98. The number of nitrogens with zero attached hydrogens (tertiary/aromatic N) is 4. The van der Waals surface area contributed by atoms with Crippen LogP contribution in [0.2, 0.25) is 10.0 Å². The smallest absolute Gasteiger partial charge is 0.287 e. The molecule has 0 spiro atoms. The molecule has 2 aromatic rings. The van der Waals surface area contributed by atoms with Gasteiger partial charge in [0.25, 0.3) is 0 Å². The standard InChI is InChI=1S/C9H6Cl2N4OS/c10-6-1-12-8(13-2-6)17-5-15-4-7(11)3-14-9(15)16/h1-4H,5H2. The molecule has 0 fully saturated rings. The van der Waals surface area contributed by atoms with Gasteiger partial charge >= 0.3 is 5.69 Å². The van der Waals surface area contributed by atoms with Crippen LogP contribution in [0.1, 0.15) is 0 Å². The summed E-state index contributed by atoms with van der Waals surface area (Å²) < 4.78 is 1.38. The zero-order valence-electron chi connectivity index (χ0n) is 8.38. The molecule has 0 aromatic carbocycles. The molecule has 2 heterocycles. The second kappa shape index (κ2) is 5.48. The molecule has 0 aliphatic heterocycles. The van der Waals surface area contributed by atoms with Crippen LogP contribution in [-0.2, 0) is 5.88 Å². The minimum atomic E-state index is -0.365. The van der Waals surface area contributed by atoms with Gasteiger partial charge in [-0.1, -0.05) is 35.0 Å². The molecule has 17 heavy (non-hydrogen) atoms. The molecule has 0 bridgehead atoms. The van der Waals surface area contributed by atoms with E-state index in [0.717, 1.165) is 0 Å². The van der Waals surface area contributed by atoms with E-state index in [2.05, 4.69) is 15.0 Å². The third-order valence-corrected chi connectivity index (χ3v) is 3.02. The van der Waals surface area contributed by atoms with Gasteiger partial charge in [-0.3, -0.25) is 4.57 Å². The molecule has 0 atom stereocenters. The largest absolute Gasteiger partial charge is 0.348 e. The van der Waals surface area contributed by atoms with Crippen molar-refractivity contribution < 1.29 is 0 Å². The van der Waals surface area contributed by atoms with Crippen molar-refractivity contribution in [3.63, 3.8) is 0 Å². The Hall–Kier alpha value is -1.11. The molecule has 0 N–H and O–H groups in total. The molecule has 8 heteroatoms. The number of halogens is 2. The zero-order valence-corrected chi connectivity index (χ0v) is 10.7. The Bertz CT molecular complexity index is 572. The van der Waals surface area contributed by atoms with Gasteiger partial charge in [-0.2, -0.15) is 4.98 Å². The quantitative estimate of drug-likeness (QED) is 0.639. The molecule has 0 saturated carbocycles. The second-order valence-corrected chi connectivity index (χ2v) is 4.77. The molecular formula is C9H6Cl2N4OS. The normalized spacial score (nSPS) is 10.5. The van der Waals surface area contributed by atoms with Crippen molar-refractivity contribution >= 4 is 35.0 Å². The van der Waals surface area contributed by atoms with Crippen LogP contribution in [0.25, 0.3) is 0 Å². The van der Waals surface area contributed by atoms with E-state index in [9.17, 15) is 4.79 Å². The van der Waals surface area contributed by atoms with Gasteiger partial charge in [0.2, 0.25) is 0 Å². The molecule has 2 aromatic heterocycles. The van der Waals surface area contributed by atoms with Crippen LogP contribution in [0, 0.1) is 0 Å². The maximum atomic E-state index is 11.4. The molecule has 0 radical (unpaired) electrons. The Morgan fingerprint density at radius 3 is 2.47 bits per heavy atom. The molecule has 2 rings (SSSR count). The lowest BCUT2D eigenvalue weighted by molar-refractivity contribution is 0.789. The number of rotatable bonds is 3. The Morgan fingerprint density at radius 2 is 1.76 bits per heavy atom. The maximum Gasteiger partial charge on any atom is 0.348 e. The van der Waals surface area contributed by atoms with E-state index in [1.807, 2.05) is 0 Å². The molecule has 5 nitrogen and oxygen atoms in total. The van der Waals surface area contributed by atoms with Crippen molar-refractivity contribution in [3.05, 3.63) is 45.3 Å². The molecular weight excluding hydrogens is 283 g/mol. The highest BCUT2D eigenvalue weighted by molar-refractivity contribution is 7.98. The summed E-state index contributed by atoms with van der Waals surface area (Å²) in [5, 5.41) is 1.40. The lowest BCUT2D eigenvalue weighted by atomic mass is 10.6. The second-order valence-electron chi connectivity index (χ2n) is 2.98. The minimum Gasteiger partial charge on any atom is -0.287 e. The Morgan fingerprint density at radius 1 is 1.12 bits per heavy atom. The van der Waals surface area contributed by atoms with E-state index in [0.29, 0.717) is 21.1 Å². The SMILES string of the molecule is O=c1ncc(Cl)cn1CSc1ncc(Cl)cn1. The summed E-state index contributed by atoms with van der Waals surface area (Å²) in [6, 6.07) is 0. The number of thioether (sulfide) groups is 1. The molecule has 0 saturated heterocycles. The summed E-state index contributed by atoms with van der Waals surface area (Å²) >= 11 is 12.7. The van der Waals surface area contributed by atoms with E-state index in [1.165, 1.54) is 41.1 Å². The summed E-state index contributed by atoms with van der Waals surface area (Å²) in [6.45, 7) is 0. The van der Waals surface area contributed by atoms with Gasteiger partial charge in [0.15, 0.2) is 5.16 Å². The summed E-state index contributed by atoms with van der Waals surface area (Å²) in [5.74, 6) is 0.341. The fraction of sp³-hybridized carbons (Fsp3) is 0.111. The van der Waals surface area contributed by atoms with Crippen molar-refractivity contribution in [2.75, 3.05) is 0 Å². The lowest BCUT2D eigenvalue weighted by Crippen LogP contribution is -2.20. The van der Waals surface area contributed by atoms with Crippen LogP contribution in [-0.4, -0.2) is 19.5 Å². The van der Waals surface area contributed by atoms with Crippen molar-refractivity contribution in [1.82, 2.24) is 19.5 Å². The lowest BCUT2D eigenvalue weighted by Gasteiger charge is -2.03. The van der Waals surface area contributed by atoms with Gasteiger partial charge in [0.1, 0.15) is 0 Å².